The molecule has 2 aromatic carbocycles. The zero-order chi connectivity index (χ0) is 14.7. The summed E-state index contributed by atoms with van der Waals surface area (Å²) in [5.41, 5.74) is 13.4. The summed E-state index contributed by atoms with van der Waals surface area (Å²) in [5, 5.41) is 0. The molecule has 0 saturated carbocycles. The fraction of sp³-hybridized carbons (Fsp3) is 0. The molecule has 5 nitrogen and oxygen atoms in total. The minimum Gasteiger partial charge on any atom is -0.439 e. The molecule has 0 fully saturated rings. The van der Waals surface area contributed by atoms with Crippen molar-refractivity contribution in [1.29, 1.82) is 0 Å². The average Bonchev–Trinajstić information content (AvgIpc) is 2.48. The number of hydrogen-bond acceptors (Lipinski definition) is 5. The van der Waals surface area contributed by atoms with Crippen molar-refractivity contribution in [1.82, 2.24) is 9.97 Å². The van der Waals surface area contributed by atoms with Gasteiger partial charge in [-0.05, 0) is 23.3 Å². The van der Waals surface area contributed by atoms with Crippen LogP contribution in [-0.2, 0) is 0 Å². The Morgan fingerprint density at radius 3 is 2.10 bits per heavy atom. The third-order valence-electron chi connectivity index (χ3n) is 2.92. The number of nitrogens with two attached hydrogens (primary N) is 2. The lowest BCUT2D eigenvalue weighted by Gasteiger charge is -2.07. The largest absolute Gasteiger partial charge is 0.439 e. The first-order chi connectivity index (χ1) is 10.2. The van der Waals surface area contributed by atoms with Crippen molar-refractivity contribution in [3.05, 3.63) is 60.7 Å². The maximum Gasteiger partial charge on any atom is 0.226 e. The molecule has 104 valence electrons. The summed E-state index contributed by atoms with van der Waals surface area (Å²) in [7, 11) is 0. The fourth-order valence-corrected chi connectivity index (χ4v) is 1.98. The van der Waals surface area contributed by atoms with Gasteiger partial charge in [0.25, 0.3) is 0 Å². The van der Waals surface area contributed by atoms with Crippen LogP contribution >= 0.6 is 0 Å². The van der Waals surface area contributed by atoms with Crippen molar-refractivity contribution >= 4 is 11.8 Å². The molecule has 3 rings (SSSR count). The lowest BCUT2D eigenvalue weighted by molar-refractivity contribution is 0.463. The average molecular weight is 278 g/mol. The second-order valence-electron chi connectivity index (χ2n) is 4.48. The number of aromatic nitrogens is 2. The van der Waals surface area contributed by atoms with Gasteiger partial charge in [0.05, 0.1) is 0 Å². The Morgan fingerprint density at radius 1 is 0.762 bits per heavy atom. The second-order valence-corrected chi connectivity index (χ2v) is 4.48. The van der Waals surface area contributed by atoms with Crippen LogP contribution in [-0.4, -0.2) is 9.97 Å². The Labute approximate surface area is 122 Å². The summed E-state index contributed by atoms with van der Waals surface area (Å²) < 4.78 is 5.62. The fourth-order valence-electron chi connectivity index (χ4n) is 1.98. The molecular weight excluding hydrogens is 264 g/mol. The number of nitrogen functional groups attached to an aromatic ring is 2. The van der Waals surface area contributed by atoms with Gasteiger partial charge in [0, 0.05) is 6.07 Å². The predicted molar refractivity (Wildman–Crippen MR) is 82.8 cm³/mol. The zero-order valence-corrected chi connectivity index (χ0v) is 11.2. The molecule has 0 atom stereocenters. The van der Waals surface area contributed by atoms with E-state index in [0.717, 1.165) is 11.1 Å². The van der Waals surface area contributed by atoms with Crippen LogP contribution in [0, 0.1) is 0 Å². The van der Waals surface area contributed by atoms with Crippen LogP contribution in [0.25, 0.3) is 11.1 Å². The standard InChI is InChI=1S/C16H14N4O/c17-14-10-15(20-16(18)19-14)21-13-8-6-12(7-9-13)11-4-2-1-3-5-11/h1-10H,(H4,17,18,19,20). The van der Waals surface area contributed by atoms with Gasteiger partial charge in [-0.3, -0.25) is 0 Å². The third-order valence-corrected chi connectivity index (χ3v) is 2.92. The molecule has 3 aromatic rings. The molecule has 0 unspecified atom stereocenters. The van der Waals surface area contributed by atoms with E-state index >= 15 is 0 Å². The van der Waals surface area contributed by atoms with Crippen molar-refractivity contribution < 1.29 is 4.74 Å². The number of ether oxygens (including phenoxy) is 1. The molecule has 0 aliphatic rings. The van der Waals surface area contributed by atoms with E-state index in [0.29, 0.717) is 11.6 Å². The zero-order valence-electron chi connectivity index (χ0n) is 11.2. The van der Waals surface area contributed by atoms with Crippen LogP contribution in [0.2, 0.25) is 0 Å². The highest BCUT2D eigenvalue weighted by atomic mass is 16.5. The van der Waals surface area contributed by atoms with Crippen molar-refractivity contribution in [3.63, 3.8) is 0 Å². The summed E-state index contributed by atoms with van der Waals surface area (Å²) >= 11 is 0. The summed E-state index contributed by atoms with van der Waals surface area (Å²) in [5.74, 6) is 1.35. The van der Waals surface area contributed by atoms with Crippen LogP contribution in [0.5, 0.6) is 11.6 Å². The van der Waals surface area contributed by atoms with E-state index in [4.69, 9.17) is 16.2 Å². The highest BCUT2D eigenvalue weighted by Gasteiger charge is 2.03. The van der Waals surface area contributed by atoms with Crippen LogP contribution in [0.4, 0.5) is 11.8 Å². The number of rotatable bonds is 3. The summed E-state index contributed by atoms with van der Waals surface area (Å²) in [6.45, 7) is 0. The van der Waals surface area contributed by atoms with Crippen molar-refractivity contribution in [2.24, 2.45) is 0 Å². The molecule has 5 heteroatoms. The molecule has 0 aliphatic heterocycles. The maximum absolute atomic E-state index is 5.62. The first kappa shape index (κ1) is 12.9. The Bertz CT molecular complexity index is 722. The van der Waals surface area contributed by atoms with Crippen molar-refractivity contribution in [3.8, 4) is 22.8 Å². The Balaban J connectivity index is 1.81. The molecular formula is C16H14N4O. The molecule has 0 aliphatic carbocycles. The van der Waals surface area contributed by atoms with Gasteiger partial charge < -0.3 is 16.2 Å². The minimum absolute atomic E-state index is 0.0888. The van der Waals surface area contributed by atoms with Gasteiger partial charge in [-0.2, -0.15) is 9.97 Å². The Hall–Kier alpha value is -3.08. The molecule has 0 bridgehead atoms. The van der Waals surface area contributed by atoms with Crippen LogP contribution in [0.3, 0.4) is 0 Å². The Kier molecular flexibility index (Phi) is 3.39. The first-order valence-electron chi connectivity index (χ1n) is 6.44. The van der Waals surface area contributed by atoms with E-state index in [-0.39, 0.29) is 11.8 Å². The lowest BCUT2D eigenvalue weighted by Crippen LogP contribution is -2.00. The van der Waals surface area contributed by atoms with E-state index in [1.807, 2.05) is 42.5 Å². The first-order valence-corrected chi connectivity index (χ1v) is 6.44. The highest BCUT2D eigenvalue weighted by Crippen LogP contribution is 2.25. The highest BCUT2D eigenvalue weighted by molar-refractivity contribution is 5.64. The van der Waals surface area contributed by atoms with Crippen molar-refractivity contribution in [2.75, 3.05) is 11.5 Å². The number of nitrogens with zero attached hydrogens (tertiary/aromatic N) is 2. The molecule has 1 aromatic heterocycles. The SMILES string of the molecule is Nc1cc(Oc2ccc(-c3ccccc3)cc2)nc(N)n1. The molecule has 0 radical (unpaired) electrons. The molecule has 4 N–H and O–H groups in total. The maximum atomic E-state index is 5.62. The van der Waals surface area contributed by atoms with E-state index in [1.165, 1.54) is 6.07 Å². The third kappa shape index (κ3) is 3.09. The van der Waals surface area contributed by atoms with E-state index < -0.39 is 0 Å². The topological polar surface area (TPSA) is 87.0 Å². The van der Waals surface area contributed by atoms with Gasteiger partial charge in [0.1, 0.15) is 11.6 Å². The predicted octanol–water partition coefficient (Wildman–Crippen LogP) is 3.10. The molecule has 21 heavy (non-hydrogen) atoms. The molecule has 0 saturated heterocycles. The number of anilines is 2. The Morgan fingerprint density at radius 2 is 1.43 bits per heavy atom. The summed E-state index contributed by atoms with van der Waals surface area (Å²) in [6, 6.07) is 19.4. The van der Waals surface area contributed by atoms with Crippen LogP contribution < -0.4 is 16.2 Å². The summed E-state index contributed by atoms with van der Waals surface area (Å²) in [6.07, 6.45) is 0. The van der Waals surface area contributed by atoms with Gasteiger partial charge in [0.2, 0.25) is 11.8 Å². The van der Waals surface area contributed by atoms with Gasteiger partial charge >= 0.3 is 0 Å². The second kappa shape index (κ2) is 5.50. The quantitative estimate of drug-likeness (QED) is 0.768. The van der Waals surface area contributed by atoms with Gasteiger partial charge in [0.15, 0.2) is 0 Å². The molecule has 0 spiro atoms. The van der Waals surface area contributed by atoms with E-state index in [9.17, 15) is 0 Å². The van der Waals surface area contributed by atoms with E-state index in [2.05, 4.69) is 22.1 Å². The monoisotopic (exact) mass is 278 g/mol. The molecule has 0 amide bonds. The van der Waals surface area contributed by atoms with Crippen LogP contribution in [0.15, 0.2) is 60.7 Å². The van der Waals surface area contributed by atoms with Gasteiger partial charge in [-0.25, -0.2) is 0 Å². The minimum atomic E-state index is 0.0888. The van der Waals surface area contributed by atoms with Crippen molar-refractivity contribution in [2.45, 2.75) is 0 Å². The molecule has 1 heterocycles. The number of benzene rings is 2. The van der Waals surface area contributed by atoms with E-state index in [1.54, 1.807) is 0 Å². The van der Waals surface area contributed by atoms with Gasteiger partial charge in [-0.15, -0.1) is 0 Å². The lowest BCUT2D eigenvalue weighted by atomic mass is 10.1. The normalized spacial score (nSPS) is 10.3. The number of hydrogen-bond donors (Lipinski definition) is 2. The smallest absolute Gasteiger partial charge is 0.226 e. The van der Waals surface area contributed by atoms with Crippen LogP contribution in [0.1, 0.15) is 0 Å². The summed E-state index contributed by atoms with van der Waals surface area (Å²) in [4.78, 5) is 7.77. The van der Waals surface area contributed by atoms with Gasteiger partial charge in [-0.1, -0.05) is 42.5 Å².